The van der Waals surface area contributed by atoms with Crippen LogP contribution < -0.4 is 10.5 Å². The number of sulfonamides is 1. The molecule has 0 unspecified atom stereocenters. The van der Waals surface area contributed by atoms with Crippen LogP contribution in [-0.2, 0) is 16.4 Å². The second-order valence-corrected chi connectivity index (χ2v) is 8.57. The number of aryl methyl sites for hydroxylation is 2. The molecule has 130 valence electrons. The van der Waals surface area contributed by atoms with E-state index in [-0.39, 0.29) is 10.1 Å². The summed E-state index contributed by atoms with van der Waals surface area (Å²) in [6, 6.07) is 9.15. The van der Waals surface area contributed by atoms with Gasteiger partial charge in [-0.05, 0) is 49.1 Å². The van der Waals surface area contributed by atoms with Crippen molar-refractivity contribution in [3.63, 3.8) is 0 Å². The van der Waals surface area contributed by atoms with Crippen LogP contribution in [0.2, 0.25) is 0 Å². The zero-order chi connectivity index (χ0) is 17.7. The van der Waals surface area contributed by atoms with Crippen LogP contribution in [0, 0.1) is 6.92 Å². The third-order valence-electron chi connectivity index (χ3n) is 3.66. The fraction of sp³-hybridized carbons (Fsp3) is 0.353. The summed E-state index contributed by atoms with van der Waals surface area (Å²) in [4.78, 5) is 12.7. The Balaban J connectivity index is 2.06. The van der Waals surface area contributed by atoms with Crippen LogP contribution in [-0.4, -0.2) is 14.3 Å². The molecule has 2 rings (SSSR count). The molecule has 7 heteroatoms. The van der Waals surface area contributed by atoms with Gasteiger partial charge in [0.25, 0.3) is 5.91 Å². The van der Waals surface area contributed by atoms with Gasteiger partial charge in [-0.3, -0.25) is 4.79 Å². The molecule has 5 nitrogen and oxygen atoms in total. The summed E-state index contributed by atoms with van der Waals surface area (Å²) in [6.45, 7) is 3.86. The molecule has 24 heavy (non-hydrogen) atoms. The maximum atomic E-state index is 12.3. The number of amides is 1. The van der Waals surface area contributed by atoms with Crippen molar-refractivity contribution in [3.8, 4) is 0 Å². The number of hydrogen-bond acceptors (Lipinski definition) is 4. The predicted octanol–water partition coefficient (Wildman–Crippen LogP) is 3.69. The first-order valence-corrected chi connectivity index (χ1v) is 10.2. The number of nitrogens with one attached hydrogen (secondary N) is 1. The molecule has 3 N–H and O–H groups in total. The number of benzene rings is 1. The summed E-state index contributed by atoms with van der Waals surface area (Å²) in [6.07, 6.45) is 4.59. The van der Waals surface area contributed by atoms with E-state index in [0.717, 1.165) is 24.2 Å². The number of anilines is 1. The van der Waals surface area contributed by atoms with Crippen LogP contribution >= 0.6 is 11.3 Å². The number of carbonyl (C=O) groups is 1. The van der Waals surface area contributed by atoms with Gasteiger partial charge in [-0.15, -0.1) is 11.3 Å². The topological polar surface area (TPSA) is 89.3 Å². The lowest BCUT2D eigenvalue weighted by atomic mass is 10.1. The summed E-state index contributed by atoms with van der Waals surface area (Å²) >= 11 is 0.886. The maximum absolute atomic E-state index is 12.3. The first-order valence-electron chi connectivity index (χ1n) is 7.84. The lowest BCUT2D eigenvalue weighted by Gasteiger charge is -2.06. The van der Waals surface area contributed by atoms with Crippen molar-refractivity contribution in [1.29, 1.82) is 0 Å². The minimum absolute atomic E-state index is 0.00331. The summed E-state index contributed by atoms with van der Waals surface area (Å²) in [5.74, 6) is -0.328. The number of unbranched alkanes of at least 4 members (excludes halogenated alkanes) is 2. The largest absolute Gasteiger partial charge is 0.321 e. The number of thiophene rings is 1. The van der Waals surface area contributed by atoms with Gasteiger partial charge in [-0.1, -0.05) is 31.9 Å². The molecule has 0 saturated carbocycles. The minimum atomic E-state index is -3.79. The van der Waals surface area contributed by atoms with Crippen molar-refractivity contribution in [3.05, 3.63) is 46.3 Å². The van der Waals surface area contributed by atoms with Crippen molar-refractivity contribution >= 4 is 33.0 Å². The van der Waals surface area contributed by atoms with Crippen LogP contribution in [0.3, 0.4) is 0 Å². The monoisotopic (exact) mass is 366 g/mol. The van der Waals surface area contributed by atoms with Gasteiger partial charge in [0.2, 0.25) is 10.0 Å². The van der Waals surface area contributed by atoms with Crippen LogP contribution in [0.15, 0.2) is 34.5 Å². The Hall–Kier alpha value is -1.70. The van der Waals surface area contributed by atoms with Crippen LogP contribution in [0.5, 0.6) is 0 Å². The number of rotatable bonds is 7. The highest BCUT2D eigenvalue weighted by Gasteiger charge is 2.19. The third kappa shape index (κ3) is 4.90. The van der Waals surface area contributed by atoms with Gasteiger partial charge >= 0.3 is 0 Å². The normalized spacial score (nSPS) is 11.5. The van der Waals surface area contributed by atoms with Crippen molar-refractivity contribution in [1.82, 2.24) is 0 Å². The lowest BCUT2D eigenvalue weighted by Crippen LogP contribution is -2.11. The molecule has 0 saturated heterocycles. The molecule has 0 radical (unpaired) electrons. The van der Waals surface area contributed by atoms with E-state index in [9.17, 15) is 13.2 Å². The molecule has 1 heterocycles. The molecular formula is C17H22N2O3S2. The highest BCUT2D eigenvalue weighted by molar-refractivity contribution is 7.91. The van der Waals surface area contributed by atoms with E-state index in [1.165, 1.54) is 24.5 Å². The molecule has 1 amide bonds. The highest BCUT2D eigenvalue weighted by atomic mass is 32.2. The Morgan fingerprint density at radius 3 is 2.42 bits per heavy atom. The second kappa shape index (κ2) is 7.92. The summed E-state index contributed by atoms with van der Waals surface area (Å²) in [7, 11) is -3.79. The van der Waals surface area contributed by atoms with E-state index in [1.807, 2.05) is 24.3 Å². The first-order chi connectivity index (χ1) is 11.3. The molecular weight excluding hydrogens is 344 g/mol. The summed E-state index contributed by atoms with van der Waals surface area (Å²) < 4.78 is 22.8. The van der Waals surface area contributed by atoms with Crippen LogP contribution in [0.1, 0.15) is 47.0 Å². The van der Waals surface area contributed by atoms with Gasteiger partial charge in [0, 0.05) is 5.69 Å². The van der Waals surface area contributed by atoms with E-state index in [0.29, 0.717) is 16.1 Å². The van der Waals surface area contributed by atoms with E-state index < -0.39 is 10.0 Å². The van der Waals surface area contributed by atoms with Gasteiger partial charge in [0.05, 0.1) is 4.88 Å². The maximum Gasteiger partial charge on any atom is 0.266 e. The predicted molar refractivity (Wildman–Crippen MR) is 98.1 cm³/mol. The third-order valence-corrected chi connectivity index (χ3v) is 6.32. The average molecular weight is 367 g/mol. The summed E-state index contributed by atoms with van der Waals surface area (Å²) in [5.41, 5.74) is 2.52. The molecule has 2 aromatic rings. The lowest BCUT2D eigenvalue weighted by molar-refractivity contribution is 0.103. The molecule has 0 aliphatic carbocycles. The Morgan fingerprint density at radius 2 is 1.88 bits per heavy atom. The van der Waals surface area contributed by atoms with Gasteiger partial charge < -0.3 is 5.32 Å². The molecule has 1 aromatic carbocycles. The van der Waals surface area contributed by atoms with Gasteiger partial charge in [0.1, 0.15) is 4.21 Å². The van der Waals surface area contributed by atoms with E-state index in [4.69, 9.17) is 5.14 Å². The SMILES string of the molecule is CCCCCc1ccc(NC(=O)c2sc(S(N)(=O)=O)cc2C)cc1. The van der Waals surface area contributed by atoms with Crippen LogP contribution in [0.4, 0.5) is 5.69 Å². The molecule has 0 aliphatic rings. The number of nitrogens with two attached hydrogens (primary N) is 1. The smallest absolute Gasteiger partial charge is 0.266 e. The first kappa shape index (κ1) is 18.6. The fourth-order valence-electron chi connectivity index (χ4n) is 2.34. The Labute approximate surface area is 146 Å². The minimum Gasteiger partial charge on any atom is -0.321 e. The highest BCUT2D eigenvalue weighted by Crippen LogP contribution is 2.26. The Bertz CT molecular complexity index is 809. The molecule has 0 spiro atoms. The van der Waals surface area contributed by atoms with E-state index in [2.05, 4.69) is 12.2 Å². The zero-order valence-electron chi connectivity index (χ0n) is 13.8. The Kier molecular flexibility index (Phi) is 6.15. The van der Waals surface area contributed by atoms with E-state index in [1.54, 1.807) is 6.92 Å². The fourth-order valence-corrected chi connectivity index (χ4v) is 4.20. The quantitative estimate of drug-likeness (QED) is 0.732. The molecule has 0 aliphatic heterocycles. The number of primary sulfonamides is 1. The molecule has 0 atom stereocenters. The van der Waals surface area contributed by atoms with Crippen molar-refractivity contribution in [2.24, 2.45) is 5.14 Å². The molecule has 0 fully saturated rings. The van der Waals surface area contributed by atoms with Gasteiger partial charge in [-0.2, -0.15) is 0 Å². The number of carbonyl (C=O) groups excluding carboxylic acids is 1. The van der Waals surface area contributed by atoms with Gasteiger partial charge in [-0.25, -0.2) is 13.6 Å². The second-order valence-electron chi connectivity index (χ2n) is 5.73. The average Bonchev–Trinajstić information content (AvgIpc) is 2.91. The number of hydrogen-bond donors (Lipinski definition) is 2. The van der Waals surface area contributed by atoms with Crippen molar-refractivity contribution < 1.29 is 13.2 Å². The van der Waals surface area contributed by atoms with Crippen LogP contribution in [0.25, 0.3) is 0 Å². The molecule has 1 aromatic heterocycles. The summed E-state index contributed by atoms with van der Waals surface area (Å²) in [5, 5.41) is 7.90. The van der Waals surface area contributed by atoms with Crippen molar-refractivity contribution in [2.45, 2.75) is 43.7 Å². The Morgan fingerprint density at radius 1 is 1.21 bits per heavy atom. The van der Waals surface area contributed by atoms with Crippen molar-refractivity contribution in [2.75, 3.05) is 5.32 Å². The zero-order valence-corrected chi connectivity index (χ0v) is 15.5. The van der Waals surface area contributed by atoms with Gasteiger partial charge in [0.15, 0.2) is 0 Å². The van der Waals surface area contributed by atoms with E-state index >= 15 is 0 Å². The standard InChI is InChI=1S/C17H22N2O3S2/c1-3-4-5-6-13-7-9-14(10-8-13)19-17(20)16-12(2)11-15(23-16)24(18,21)22/h7-11H,3-6H2,1-2H3,(H,19,20)(H2,18,21,22). The molecule has 0 bridgehead atoms.